The van der Waals surface area contributed by atoms with Crippen LogP contribution >= 0.6 is 0 Å². The van der Waals surface area contributed by atoms with E-state index in [0.29, 0.717) is 12.2 Å². The molecule has 0 spiro atoms. The lowest BCUT2D eigenvalue weighted by Gasteiger charge is -2.29. The van der Waals surface area contributed by atoms with Crippen molar-refractivity contribution >= 4 is 24.2 Å². The van der Waals surface area contributed by atoms with Crippen molar-refractivity contribution in [3.63, 3.8) is 0 Å². The van der Waals surface area contributed by atoms with E-state index in [1.165, 1.54) is 4.90 Å². The second kappa shape index (κ2) is 14.4. The third-order valence-electron chi connectivity index (χ3n) is 4.07. The average Bonchev–Trinajstić information content (AvgIpc) is 2.72. The molecule has 2 N–H and O–H groups in total. The molecular formula is C27H44N4O7. The number of hydrogen-bond acceptors (Lipinski definition) is 8. The fraction of sp³-hybridized carbons (Fsp3) is 0.630. The van der Waals surface area contributed by atoms with E-state index in [0.717, 1.165) is 0 Å². The number of benzene rings is 1. The molecule has 1 rings (SSSR count). The quantitative estimate of drug-likeness (QED) is 0.205. The molecule has 0 radical (unpaired) electrons. The van der Waals surface area contributed by atoms with Crippen molar-refractivity contribution < 1.29 is 33.3 Å². The molecule has 3 amide bonds. The highest BCUT2D eigenvalue weighted by Crippen LogP contribution is 2.13. The van der Waals surface area contributed by atoms with Crippen LogP contribution in [0, 0.1) is 0 Å². The first-order valence-electron chi connectivity index (χ1n) is 12.6. The van der Waals surface area contributed by atoms with Crippen LogP contribution in [0.1, 0.15) is 68.7 Å². The molecular weight excluding hydrogens is 492 g/mol. The highest BCUT2D eigenvalue weighted by Gasteiger charge is 2.28. The Hall–Kier alpha value is -3.50. The Morgan fingerprint density at radius 1 is 0.816 bits per heavy atom. The van der Waals surface area contributed by atoms with Gasteiger partial charge in [-0.25, -0.2) is 19.3 Å². The van der Waals surface area contributed by atoms with Crippen molar-refractivity contribution in [2.45, 2.75) is 85.5 Å². The Kier molecular flexibility index (Phi) is 12.4. The van der Waals surface area contributed by atoms with Gasteiger partial charge in [0.05, 0.1) is 6.54 Å². The Balaban J connectivity index is 3.04. The summed E-state index contributed by atoms with van der Waals surface area (Å²) in [7, 11) is 0. The van der Waals surface area contributed by atoms with Crippen molar-refractivity contribution in [2.75, 3.05) is 26.2 Å². The molecule has 0 atom stereocenters. The summed E-state index contributed by atoms with van der Waals surface area (Å²) < 4.78 is 21.9. The van der Waals surface area contributed by atoms with Gasteiger partial charge in [0.1, 0.15) is 29.2 Å². The number of nitrogens with one attached hydrogen (secondary N) is 2. The highest BCUT2D eigenvalue weighted by atomic mass is 16.6. The molecule has 214 valence electrons. The number of rotatable bonds is 8. The predicted molar refractivity (Wildman–Crippen MR) is 145 cm³/mol. The number of nitrogens with zero attached hydrogens (tertiary/aromatic N) is 2. The maximum absolute atomic E-state index is 13.1. The highest BCUT2D eigenvalue weighted by molar-refractivity contribution is 6.01. The number of ether oxygens (including phenoxy) is 4. The van der Waals surface area contributed by atoms with E-state index in [2.05, 4.69) is 15.6 Å². The molecule has 0 aliphatic rings. The monoisotopic (exact) mass is 536 g/mol. The third-order valence-corrected chi connectivity index (χ3v) is 4.07. The lowest BCUT2D eigenvalue weighted by molar-refractivity contribution is 0.0340. The first kappa shape index (κ1) is 32.5. The largest absolute Gasteiger partial charge is 0.492 e. The molecule has 11 heteroatoms. The van der Waals surface area contributed by atoms with Gasteiger partial charge in [-0.1, -0.05) is 18.2 Å². The van der Waals surface area contributed by atoms with Crippen molar-refractivity contribution in [3.05, 3.63) is 30.3 Å². The second-order valence-electron chi connectivity index (χ2n) is 11.4. The average molecular weight is 537 g/mol. The zero-order valence-electron chi connectivity index (χ0n) is 24.2. The number of amides is 3. The van der Waals surface area contributed by atoms with E-state index in [4.69, 9.17) is 18.9 Å². The summed E-state index contributed by atoms with van der Waals surface area (Å²) >= 11 is 0. The van der Waals surface area contributed by atoms with Crippen LogP contribution < -0.4 is 15.4 Å². The van der Waals surface area contributed by atoms with Gasteiger partial charge in [-0.05, 0) is 80.9 Å². The minimum Gasteiger partial charge on any atom is -0.492 e. The summed E-state index contributed by atoms with van der Waals surface area (Å²) in [6.45, 7) is 16.3. The van der Waals surface area contributed by atoms with Crippen molar-refractivity contribution in [2.24, 2.45) is 4.99 Å². The van der Waals surface area contributed by atoms with Gasteiger partial charge in [0.25, 0.3) is 0 Å². The van der Waals surface area contributed by atoms with Gasteiger partial charge in [-0.15, -0.1) is 0 Å². The number of carbonyl (C=O) groups is 3. The first-order chi connectivity index (χ1) is 17.5. The molecule has 1 aromatic rings. The van der Waals surface area contributed by atoms with Crippen LogP contribution in [0.15, 0.2) is 35.3 Å². The van der Waals surface area contributed by atoms with Crippen LogP contribution in [0.25, 0.3) is 0 Å². The molecule has 11 nitrogen and oxygen atoms in total. The van der Waals surface area contributed by atoms with Gasteiger partial charge in [0.2, 0.25) is 5.96 Å². The van der Waals surface area contributed by atoms with Crippen LogP contribution in [0.2, 0.25) is 0 Å². The molecule has 0 unspecified atom stereocenters. The number of hydrogen-bond donors (Lipinski definition) is 2. The Bertz CT molecular complexity index is 929. The number of aliphatic imine (C=N–C) groups is 1. The van der Waals surface area contributed by atoms with Crippen molar-refractivity contribution in [3.8, 4) is 5.75 Å². The molecule has 0 aromatic heterocycles. The fourth-order valence-electron chi connectivity index (χ4n) is 2.73. The topological polar surface area (TPSA) is 128 Å². The van der Waals surface area contributed by atoms with E-state index in [9.17, 15) is 14.4 Å². The van der Waals surface area contributed by atoms with E-state index >= 15 is 0 Å². The van der Waals surface area contributed by atoms with E-state index in [1.807, 2.05) is 18.2 Å². The lowest BCUT2D eigenvalue weighted by Crippen LogP contribution is -2.51. The third kappa shape index (κ3) is 15.6. The summed E-state index contributed by atoms with van der Waals surface area (Å²) in [5.74, 6) is 0.575. The van der Waals surface area contributed by atoms with Crippen LogP contribution in [-0.4, -0.2) is 72.2 Å². The molecule has 0 aliphatic heterocycles. The van der Waals surface area contributed by atoms with Crippen molar-refractivity contribution in [1.29, 1.82) is 0 Å². The number of guanidine groups is 1. The molecule has 0 bridgehead atoms. The standard InChI is InChI=1S/C27H44N4O7/c1-25(2,3)36-22(32)29-17-13-16-28-21(30-23(33)37-26(4,5)6)31(24(34)38-27(7,8)9)18-19-35-20-14-11-10-12-15-20/h10-12,14-15H,13,16-19H2,1-9H3,(H,29,32)(H,28,30,33). The Morgan fingerprint density at radius 3 is 1.92 bits per heavy atom. The van der Waals surface area contributed by atoms with Gasteiger partial charge in [0.15, 0.2) is 0 Å². The summed E-state index contributed by atoms with van der Waals surface area (Å²) in [6, 6.07) is 9.13. The molecule has 0 heterocycles. The number of carbonyl (C=O) groups excluding carboxylic acids is 3. The molecule has 0 aliphatic carbocycles. The summed E-state index contributed by atoms with van der Waals surface area (Å²) in [5.41, 5.74) is -2.16. The number of alkyl carbamates (subject to hydrolysis) is 2. The lowest BCUT2D eigenvalue weighted by atomic mass is 10.2. The molecule has 38 heavy (non-hydrogen) atoms. The van der Waals surface area contributed by atoms with Gasteiger partial charge in [-0.3, -0.25) is 10.3 Å². The molecule has 0 saturated carbocycles. The predicted octanol–water partition coefficient (Wildman–Crippen LogP) is 5.10. The van der Waals surface area contributed by atoms with Crippen LogP contribution in [-0.2, 0) is 14.2 Å². The van der Waals surface area contributed by atoms with Crippen LogP contribution in [0.3, 0.4) is 0 Å². The maximum Gasteiger partial charge on any atom is 0.417 e. The van der Waals surface area contributed by atoms with Crippen LogP contribution in [0.5, 0.6) is 5.75 Å². The zero-order chi connectivity index (χ0) is 29.0. The van der Waals surface area contributed by atoms with Crippen molar-refractivity contribution in [1.82, 2.24) is 15.5 Å². The Labute approximate surface area is 226 Å². The fourth-order valence-corrected chi connectivity index (χ4v) is 2.73. The normalized spacial score (nSPS) is 12.3. The summed E-state index contributed by atoms with van der Waals surface area (Å²) in [6.07, 6.45) is -1.61. The summed E-state index contributed by atoms with van der Waals surface area (Å²) in [5, 5.41) is 5.22. The maximum atomic E-state index is 13.1. The van der Waals surface area contributed by atoms with E-state index in [-0.39, 0.29) is 32.2 Å². The minimum atomic E-state index is -0.788. The zero-order valence-corrected chi connectivity index (χ0v) is 24.2. The second-order valence-corrected chi connectivity index (χ2v) is 11.4. The van der Waals surface area contributed by atoms with E-state index < -0.39 is 35.1 Å². The molecule has 0 saturated heterocycles. The first-order valence-corrected chi connectivity index (χ1v) is 12.6. The summed E-state index contributed by atoms with van der Waals surface area (Å²) in [4.78, 5) is 43.2. The molecule has 1 aromatic carbocycles. The van der Waals surface area contributed by atoms with Gasteiger partial charge < -0.3 is 24.3 Å². The van der Waals surface area contributed by atoms with Gasteiger partial charge >= 0.3 is 18.3 Å². The van der Waals surface area contributed by atoms with Gasteiger partial charge in [-0.2, -0.15) is 0 Å². The van der Waals surface area contributed by atoms with E-state index in [1.54, 1.807) is 74.4 Å². The minimum absolute atomic E-state index is 0.0363. The van der Waals surface area contributed by atoms with Crippen LogP contribution in [0.4, 0.5) is 14.4 Å². The van der Waals surface area contributed by atoms with Gasteiger partial charge in [0, 0.05) is 13.1 Å². The molecule has 0 fully saturated rings. The SMILES string of the molecule is CC(C)(C)OC(=O)NCCCN=C(NC(=O)OC(C)(C)C)N(CCOc1ccccc1)C(=O)OC(C)(C)C. The number of para-hydroxylation sites is 1. The Morgan fingerprint density at radius 2 is 1.37 bits per heavy atom. The smallest absolute Gasteiger partial charge is 0.417 e.